The zero-order valence-corrected chi connectivity index (χ0v) is 12.2. The normalized spacial score (nSPS) is 11.8. The summed E-state index contributed by atoms with van der Waals surface area (Å²) in [7, 11) is 2.37. The van der Waals surface area contributed by atoms with Crippen LogP contribution >= 0.6 is 0 Å². The lowest BCUT2D eigenvalue weighted by atomic mass is 10.1. The van der Waals surface area contributed by atoms with Crippen LogP contribution in [0.3, 0.4) is 0 Å². The molecule has 0 aromatic heterocycles. The second kappa shape index (κ2) is 8.56. The minimum absolute atomic E-state index is 0.00195. The molecule has 22 heavy (non-hydrogen) atoms. The molecule has 0 saturated carbocycles. The number of carbonyl (C=O) groups excluding carboxylic acids is 3. The number of hydrogen-bond acceptors (Lipinski definition) is 5. The van der Waals surface area contributed by atoms with Crippen molar-refractivity contribution in [3.05, 3.63) is 47.8 Å². The first-order valence-corrected chi connectivity index (χ1v) is 6.37. The topological polar surface area (TPSA) is 81.7 Å². The average Bonchev–Trinajstić information content (AvgIpc) is 2.53. The van der Waals surface area contributed by atoms with Crippen molar-refractivity contribution in [2.45, 2.75) is 12.5 Å². The van der Waals surface area contributed by atoms with Gasteiger partial charge in [0.2, 0.25) is 0 Å². The second-order valence-corrected chi connectivity index (χ2v) is 4.19. The maximum atomic E-state index is 13.5. The van der Waals surface area contributed by atoms with Crippen molar-refractivity contribution >= 4 is 17.8 Å². The van der Waals surface area contributed by atoms with Gasteiger partial charge in [0.05, 0.1) is 19.8 Å². The highest BCUT2D eigenvalue weighted by Gasteiger charge is 2.22. The van der Waals surface area contributed by atoms with Gasteiger partial charge in [0.15, 0.2) is 0 Å². The van der Waals surface area contributed by atoms with Crippen molar-refractivity contribution in [1.82, 2.24) is 5.32 Å². The first-order valence-electron chi connectivity index (χ1n) is 6.37. The number of ether oxygens (including phenoxy) is 2. The Morgan fingerprint density at radius 3 is 2.50 bits per heavy atom. The van der Waals surface area contributed by atoms with Gasteiger partial charge < -0.3 is 14.8 Å². The molecular weight excluding hydrogens is 293 g/mol. The Morgan fingerprint density at radius 2 is 1.91 bits per heavy atom. The number of esters is 2. The SMILES string of the molecule is COC(=O)/C=C/C[C@@H](NC(=O)c1ccccc1F)C(=O)OC. The van der Waals surface area contributed by atoms with E-state index in [0.29, 0.717) is 0 Å². The number of carbonyl (C=O) groups is 3. The van der Waals surface area contributed by atoms with Crippen LogP contribution in [0.1, 0.15) is 16.8 Å². The van der Waals surface area contributed by atoms with E-state index in [0.717, 1.165) is 19.3 Å². The Kier molecular flexibility index (Phi) is 6.75. The first kappa shape index (κ1) is 17.4. The molecule has 0 aliphatic rings. The molecule has 0 unspecified atom stereocenters. The highest BCUT2D eigenvalue weighted by molar-refractivity contribution is 5.97. The standard InChI is InChI=1S/C15H16FNO5/c1-21-13(18)9-5-8-12(15(20)22-2)17-14(19)10-6-3-4-7-11(10)16/h3-7,9,12H,8H2,1-2H3,(H,17,19)/b9-5+/t12-/m1/s1. The highest BCUT2D eigenvalue weighted by atomic mass is 19.1. The zero-order valence-electron chi connectivity index (χ0n) is 12.2. The minimum atomic E-state index is -1.04. The summed E-state index contributed by atoms with van der Waals surface area (Å²) in [6, 6.07) is 4.34. The van der Waals surface area contributed by atoms with Crippen LogP contribution in [-0.4, -0.2) is 38.1 Å². The molecule has 0 fully saturated rings. The summed E-state index contributed by atoms with van der Waals surface area (Å²) in [5.41, 5.74) is -0.187. The number of nitrogens with one attached hydrogen (secondary N) is 1. The fourth-order valence-electron chi connectivity index (χ4n) is 1.61. The lowest BCUT2D eigenvalue weighted by Crippen LogP contribution is -2.41. The molecule has 0 aliphatic heterocycles. The molecule has 1 N–H and O–H groups in total. The summed E-state index contributed by atoms with van der Waals surface area (Å²) in [4.78, 5) is 34.6. The van der Waals surface area contributed by atoms with E-state index in [1.807, 2.05) is 0 Å². The molecule has 0 heterocycles. The van der Waals surface area contributed by atoms with E-state index in [1.165, 1.54) is 31.4 Å². The number of benzene rings is 1. The number of amides is 1. The Hall–Kier alpha value is -2.70. The molecule has 0 spiro atoms. The highest BCUT2D eigenvalue weighted by Crippen LogP contribution is 2.07. The molecule has 0 radical (unpaired) electrons. The monoisotopic (exact) mass is 309 g/mol. The molecular formula is C15H16FNO5. The van der Waals surface area contributed by atoms with E-state index in [-0.39, 0.29) is 12.0 Å². The molecule has 1 rings (SSSR count). The van der Waals surface area contributed by atoms with Gasteiger partial charge in [0.25, 0.3) is 5.91 Å². The number of hydrogen-bond donors (Lipinski definition) is 1. The fourth-order valence-corrected chi connectivity index (χ4v) is 1.61. The Labute approximate surface area is 126 Å². The van der Waals surface area contributed by atoms with Crippen LogP contribution in [0.25, 0.3) is 0 Å². The third-order valence-corrected chi connectivity index (χ3v) is 2.74. The molecule has 7 heteroatoms. The molecule has 0 aliphatic carbocycles. The molecule has 0 saturated heterocycles. The van der Waals surface area contributed by atoms with Crippen molar-refractivity contribution in [1.29, 1.82) is 0 Å². The summed E-state index contributed by atoms with van der Waals surface area (Å²) in [5.74, 6) is -2.75. The molecule has 1 aromatic carbocycles. The number of methoxy groups -OCH3 is 2. The van der Waals surface area contributed by atoms with Crippen molar-refractivity contribution in [2.24, 2.45) is 0 Å². The van der Waals surface area contributed by atoms with Crippen LogP contribution in [0.2, 0.25) is 0 Å². The van der Waals surface area contributed by atoms with Crippen LogP contribution < -0.4 is 5.32 Å². The average molecular weight is 309 g/mol. The summed E-state index contributed by atoms with van der Waals surface area (Å²) >= 11 is 0. The number of rotatable bonds is 6. The van der Waals surface area contributed by atoms with Crippen LogP contribution in [-0.2, 0) is 19.1 Å². The van der Waals surface area contributed by atoms with Crippen LogP contribution in [0.15, 0.2) is 36.4 Å². The van der Waals surface area contributed by atoms with E-state index in [2.05, 4.69) is 14.8 Å². The van der Waals surface area contributed by atoms with E-state index in [1.54, 1.807) is 0 Å². The fraction of sp³-hybridized carbons (Fsp3) is 0.267. The van der Waals surface area contributed by atoms with Gasteiger partial charge in [-0.1, -0.05) is 18.2 Å². The molecule has 1 aromatic rings. The van der Waals surface area contributed by atoms with E-state index >= 15 is 0 Å². The van der Waals surface area contributed by atoms with Gasteiger partial charge in [-0.25, -0.2) is 14.0 Å². The van der Waals surface area contributed by atoms with Gasteiger partial charge in [-0.05, 0) is 18.6 Å². The first-order chi connectivity index (χ1) is 10.5. The van der Waals surface area contributed by atoms with Gasteiger partial charge >= 0.3 is 11.9 Å². The van der Waals surface area contributed by atoms with Gasteiger partial charge in [-0.2, -0.15) is 0 Å². The van der Waals surface area contributed by atoms with E-state index in [9.17, 15) is 18.8 Å². The molecule has 0 bridgehead atoms. The van der Waals surface area contributed by atoms with E-state index < -0.39 is 29.7 Å². The van der Waals surface area contributed by atoms with Gasteiger partial charge in [0, 0.05) is 6.08 Å². The maximum absolute atomic E-state index is 13.5. The molecule has 6 nitrogen and oxygen atoms in total. The Morgan fingerprint density at radius 1 is 1.23 bits per heavy atom. The van der Waals surface area contributed by atoms with Crippen LogP contribution in [0.4, 0.5) is 4.39 Å². The van der Waals surface area contributed by atoms with Gasteiger partial charge in [-0.15, -0.1) is 0 Å². The smallest absolute Gasteiger partial charge is 0.330 e. The van der Waals surface area contributed by atoms with Crippen LogP contribution in [0.5, 0.6) is 0 Å². The van der Waals surface area contributed by atoms with Gasteiger partial charge in [-0.3, -0.25) is 4.79 Å². The summed E-state index contributed by atoms with van der Waals surface area (Å²) in [5, 5.41) is 2.36. The number of halogens is 1. The third-order valence-electron chi connectivity index (χ3n) is 2.74. The van der Waals surface area contributed by atoms with E-state index in [4.69, 9.17) is 0 Å². The third kappa shape index (κ3) is 5.01. The van der Waals surface area contributed by atoms with Crippen molar-refractivity contribution in [3.8, 4) is 0 Å². The lowest BCUT2D eigenvalue weighted by molar-refractivity contribution is -0.143. The summed E-state index contributed by atoms with van der Waals surface area (Å²) in [6.07, 6.45) is 2.47. The molecule has 118 valence electrons. The second-order valence-electron chi connectivity index (χ2n) is 4.19. The van der Waals surface area contributed by atoms with Crippen molar-refractivity contribution in [2.75, 3.05) is 14.2 Å². The van der Waals surface area contributed by atoms with Crippen molar-refractivity contribution in [3.63, 3.8) is 0 Å². The van der Waals surface area contributed by atoms with Crippen LogP contribution in [0, 0.1) is 5.82 Å². The zero-order chi connectivity index (χ0) is 16.5. The predicted octanol–water partition coefficient (Wildman–Crippen LogP) is 1.22. The summed E-state index contributed by atoms with van der Waals surface area (Å²) < 4.78 is 22.5. The minimum Gasteiger partial charge on any atom is -0.467 e. The Balaban J connectivity index is 2.79. The lowest BCUT2D eigenvalue weighted by Gasteiger charge is -2.15. The van der Waals surface area contributed by atoms with Crippen molar-refractivity contribution < 1.29 is 28.2 Å². The molecule has 1 amide bonds. The molecule has 1 atom stereocenters. The largest absolute Gasteiger partial charge is 0.467 e. The Bertz CT molecular complexity index is 585. The van der Waals surface area contributed by atoms with Gasteiger partial charge in [0.1, 0.15) is 11.9 Å². The summed E-state index contributed by atoms with van der Waals surface area (Å²) in [6.45, 7) is 0. The maximum Gasteiger partial charge on any atom is 0.330 e. The predicted molar refractivity (Wildman–Crippen MR) is 75.4 cm³/mol. The quantitative estimate of drug-likeness (QED) is 0.631.